The maximum absolute atomic E-state index is 13.8. The molecule has 0 radical (unpaired) electrons. The molecule has 2 aromatic rings. The topological polar surface area (TPSA) is 99.5 Å². The summed E-state index contributed by atoms with van der Waals surface area (Å²) >= 11 is 0. The van der Waals surface area contributed by atoms with Gasteiger partial charge in [0.25, 0.3) is 0 Å². The van der Waals surface area contributed by atoms with E-state index in [-0.39, 0.29) is 28.4 Å². The smallest absolute Gasteiger partial charge is 0.216 e. The number of nitrogens with one attached hydrogen (secondary N) is 2. The van der Waals surface area contributed by atoms with Crippen LogP contribution in [0.3, 0.4) is 0 Å². The van der Waals surface area contributed by atoms with Crippen LogP contribution < -0.4 is 10.1 Å². The zero-order valence-corrected chi connectivity index (χ0v) is 11.1. The number of allylic oxidation sites excluding steroid dienone is 1. The van der Waals surface area contributed by atoms with E-state index < -0.39 is 11.6 Å². The number of aromatic amines is 1. The highest BCUT2D eigenvalue weighted by molar-refractivity contribution is 5.74. The number of nitrogens with zero attached hydrogens (tertiary/aromatic N) is 4. The average Bonchev–Trinajstić information content (AvgIpc) is 3.02. The molecule has 0 unspecified atom stereocenters. The lowest BCUT2D eigenvalue weighted by atomic mass is 10.1. The summed E-state index contributed by atoms with van der Waals surface area (Å²) in [6.45, 7) is 1.40. The van der Waals surface area contributed by atoms with E-state index in [1.54, 1.807) is 0 Å². The van der Waals surface area contributed by atoms with Gasteiger partial charge in [-0.2, -0.15) is 10.5 Å². The molecule has 0 aliphatic heterocycles. The number of ether oxygens (including phenoxy) is 1. The Bertz CT molecular complexity index is 720. The zero-order chi connectivity index (χ0) is 15.4. The van der Waals surface area contributed by atoms with Gasteiger partial charge in [0.2, 0.25) is 5.82 Å². The molecule has 1 aromatic carbocycles. The van der Waals surface area contributed by atoms with E-state index in [9.17, 15) is 8.78 Å². The van der Waals surface area contributed by atoms with Crippen molar-refractivity contribution in [3.05, 3.63) is 35.3 Å². The molecule has 0 amide bonds. The maximum atomic E-state index is 13.8. The summed E-state index contributed by atoms with van der Waals surface area (Å²) in [5.41, 5.74) is -0.113. The maximum Gasteiger partial charge on any atom is 0.216 e. The van der Waals surface area contributed by atoms with Gasteiger partial charge in [0, 0.05) is 17.8 Å². The summed E-state index contributed by atoms with van der Waals surface area (Å²) in [6.07, 6.45) is 1.15. The molecule has 0 saturated heterocycles. The minimum Gasteiger partial charge on any atom is -0.496 e. The number of benzene rings is 1. The highest BCUT2D eigenvalue weighted by Crippen LogP contribution is 2.29. The fourth-order valence-corrected chi connectivity index (χ4v) is 1.58. The van der Waals surface area contributed by atoms with Crippen molar-refractivity contribution in [3.63, 3.8) is 0 Å². The zero-order valence-electron chi connectivity index (χ0n) is 11.1. The number of hydrogen-bond acceptors (Lipinski definition) is 6. The number of aromatic nitrogens is 4. The minimum absolute atomic E-state index is 0.00287. The van der Waals surface area contributed by atoms with Gasteiger partial charge < -0.3 is 10.1 Å². The van der Waals surface area contributed by atoms with Crippen molar-refractivity contribution >= 4 is 11.3 Å². The normalized spacial score (nSPS) is 11.1. The molecular weight excluding hydrogens is 282 g/mol. The summed E-state index contributed by atoms with van der Waals surface area (Å²) in [4.78, 5) is 0. The second-order valence-corrected chi connectivity index (χ2v) is 3.93. The Morgan fingerprint density at radius 1 is 1.48 bits per heavy atom. The van der Waals surface area contributed by atoms with Crippen molar-refractivity contribution in [1.29, 1.82) is 5.26 Å². The summed E-state index contributed by atoms with van der Waals surface area (Å²) < 4.78 is 32.5. The Morgan fingerprint density at radius 3 is 2.81 bits per heavy atom. The van der Waals surface area contributed by atoms with Crippen LogP contribution >= 0.6 is 0 Å². The van der Waals surface area contributed by atoms with Gasteiger partial charge in [0.15, 0.2) is 11.6 Å². The molecule has 21 heavy (non-hydrogen) atoms. The SMILES string of the molecule is COc1cc(NC=C(C#N)c2nn[nH]n2)c(F)c(F)c1C. The molecule has 0 spiro atoms. The lowest BCUT2D eigenvalue weighted by Gasteiger charge is -2.10. The number of tetrazole rings is 1. The predicted octanol–water partition coefficient (Wildman–Crippen LogP) is 1.77. The third-order valence-corrected chi connectivity index (χ3v) is 2.70. The van der Waals surface area contributed by atoms with Gasteiger partial charge >= 0.3 is 0 Å². The highest BCUT2D eigenvalue weighted by Gasteiger charge is 2.16. The molecule has 1 heterocycles. The largest absolute Gasteiger partial charge is 0.496 e. The third-order valence-electron chi connectivity index (χ3n) is 2.70. The van der Waals surface area contributed by atoms with E-state index in [1.165, 1.54) is 20.1 Å². The number of hydrogen-bond donors (Lipinski definition) is 2. The predicted molar refractivity (Wildman–Crippen MR) is 69.0 cm³/mol. The van der Waals surface area contributed by atoms with E-state index >= 15 is 0 Å². The molecule has 2 N–H and O–H groups in total. The number of halogens is 2. The number of methoxy groups -OCH3 is 1. The van der Waals surface area contributed by atoms with Gasteiger partial charge in [-0.1, -0.05) is 0 Å². The lowest BCUT2D eigenvalue weighted by molar-refractivity contribution is 0.402. The van der Waals surface area contributed by atoms with Crippen LogP contribution in [-0.4, -0.2) is 27.7 Å². The Morgan fingerprint density at radius 2 is 2.24 bits per heavy atom. The second-order valence-electron chi connectivity index (χ2n) is 3.93. The molecule has 0 atom stereocenters. The van der Waals surface area contributed by atoms with Crippen molar-refractivity contribution in [3.8, 4) is 11.8 Å². The van der Waals surface area contributed by atoms with E-state index in [0.717, 1.165) is 6.20 Å². The first kappa shape index (κ1) is 14.4. The lowest BCUT2D eigenvalue weighted by Crippen LogP contribution is -2.01. The number of H-pyrrole nitrogens is 1. The molecule has 0 bridgehead atoms. The van der Waals surface area contributed by atoms with Crippen molar-refractivity contribution in [2.75, 3.05) is 12.4 Å². The van der Waals surface area contributed by atoms with Gasteiger partial charge in [-0.25, -0.2) is 8.78 Å². The van der Waals surface area contributed by atoms with Gasteiger partial charge in [-0.05, 0) is 12.1 Å². The molecule has 108 valence electrons. The third kappa shape index (κ3) is 2.79. The van der Waals surface area contributed by atoms with Crippen molar-refractivity contribution in [1.82, 2.24) is 20.6 Å². The standard InChI is InChI=1S/C12H10F2N6O/c1-6-9(21-2)3-8(11(14)10(6)13)16-5-7(4-15)12-17-19-20-18-12/h3,5,16H,1-2H3,(H,17,18,19,20). The van der Waals surface area contributed by atoms with Crippen molar-refractivity contribution < 1.29 is 13.5 Å². The summed E-state index contributed by atoms with van der Waals surface area (Å²) in [5, 5.41) is 24.2. The summed E-state index contributed by atoms with van der Waals surface area (Å²) in [7, 11) is 1.35. The fourth-order valence-electron chi connectivity index (χ4n) is 1.58. The van der Waals surface area contributed by atoms with Gasteiger partial charge in [-0.15, -0.1) is 10.2 Å². The van der Waals surface area contributed by atoms with E-state index in [4.69, 9.17) is 10.00 Å². The number of rotatable bonds is 4. The molecule has 7 nitrogen and oxygen atoms in total. The molecule has 0 aliphatic carbocycles. The first-order chi connectivity index (χ1) is 10.1. The number of anilines is 1. The van der Waals surface area contributed by atoms with Crippen LogP contribution in [0.1, 0.15) is 11.4 Å². The van der Waals surface area contributed by atoms with E-state index in [0.29, 0.717) is 0 Å². The number of nitriles is 1. The first-order valence-corrected chi connectivity index (χ1v) is 5.71. The van der Waals surface area contributed by atoms with Gasteiger partial charge in [-0.3, -0.25) is 0 Å². The Balaban J connectivity index is 2.36. The Kier molecular flexibility index (Phi) is 4.08. The van der Waals surface area contributed by atoms with Crippen LogP contribution in [0.5, 0.6) is 5.75 Å². The summed E-state index contributed by atoms with van der Waals surface area (Å²) in [6, 6.07) is 3.10. The highest BCUT2D eigenvalue weighted by atomic mass is 19.2. The van der Waals surface area contributed by atoms with Crippen LogP contribution in [0.25, 0.3) is 5.57 Å². The van der Waals surface area contributed by atoms with Crippen LogP contribution in [0.2, 0.25) is 0 Å². The van der Waals surface area contributed by atoms with E-state index in [1.807, 2.05) is 6.07 Å². The van der Waals surface area contributed by atoms with Gasteiger partial charge in [0.05, 0.1) is 12.8 Å². The van der Waals surface area contributed by atoms with Crippen LogP contribution in [0.15, 0.2) is 12.3 Å². The van der Waals surface area contributed by atoms with Crippen molar-refractivity contribution in [2.45, 2.75) is 6.92 Å². The Labute approximate surface area is 118 Å². The first-order valence-electron chi connectivity index (χ1n) is 5.71. The minimum atomic E-state index is -1.07. The molecule has 0 saturated carbocycles. The second kappa shape index (κ2) is 5.96. The molecule has 2 rings (SSSR count). The quantitative estimate of drug-likeness (QED) is 0.833. The average molecular weight is 292 g/mol. The van der Waals surface area contributed by atoms with Crippen LogP contribution in [0.4, 0.5) is 14.5 Å². The van der Waals surface area contributed by atoms with E-state index in [2.05, 4.69) is 25.9 Å². The molecule has 0 fully saturated rings. The molecule has 1 aromatic heterocycles. The van der Waals surface area contributed by atoms with Crippen molar-refractivity contribution in [2.24, 2.45) is 0 Å². The van der Waals surface area contributed by atoms with Crippen LogP contribution in [0, 0.1) is 29.9 Å². The van der Waals surface area contributed by atoms with Crippen LogP contribution in [-0.2, 0) is 0 Å². The monoisotopic (exact) mass is 292 g/mol. The molecule has 0 aliphatic rings. The Hall–Kier alpha value is -3.02. The fraction of sp³-hybridized carbons (Fsp3) is 0.167. The summed E-state index contributed by atoms with van der Waals surface area (Å²) in [5.74, 6) is -1.88. The molecule has 9 heteroatoms. The van der Waals surface area contributed by atoms with Gasteiger partial charge in [0.1, 0.15) is 17.4 Å². The molecular formula is C12H10F2N6O.